The highest BCUT2D eigenvalue weighted by Crippen LogP contribution is 2.31. The van der Waals surface area contributed by atoms with E-state index in [9.17, 15) is 0 Å². The number of benzene rings is 1. The molecule has 0 aromatic heterocycles. The second-order valence-electron chi connectivity index (χ2n) is 5.87. The Balaban J connectivity index is 2.19. The first-order valence-electron chi connectivity index (χ1n) is 7.14. The minimum atomic E-state index is 0.629. The number of anilines is 1. The standard InChI is InChI=1S/C16H26N2/c1-12-5-4-6-15(10-12)18(3)16-8-7-13(2)9-14(16)11-17/h7-9,12,15H,4-6,10-11,17H2,1-3H3. The van der Waals surface area contributed by atoms with Gasteiger partial charge in [-0.3, -0.25) is 0 Å². The van der Waals surface area contributed by atoms with Crippen LogP contribution in [-0.2, 0) is 6.54 Å². The van der Waals surface area contributed by atoms with Crippen LogP contribution in [0.3, 0.4) is 0 Å². The van der Waals surface area contributed by atoms with Gasteiger partial charge in [0.15, 0.2) is 0 Å². The molecule has 2 nitrogen and oxygen atoms in total. The Kier molecular flexibility index (Phi) is 4.28. The topological polar surface area (TPSA) is 29.3 Å². The number of nitrogens with two attached hydrogens (primary N) is 1. The van der Waals surface area contributed by atoms with Crippen molar-refractivity contribution in [1.82, 2.24) is 0 Å². The number of hydrogen-bond acceptors (Lipinski definition) is 2. The van der Waals surface area contributed by atoms with E-state index in [1.165, 1.54) is 42.5 Å². The maximum atomic E-state index is 5.89. The van der Waals surface area contributed by atoms with Crippen molar-refractivity contribution in [1.29, 1.82) is 0 Å². The number of rotatable bonds is 3. The average molecular weight is 246 g/mol. The summed E-state index contributed by atoms with van der Waals surface area (Å²) in [4.78, 5) is 2.46. The molecule has 0 bridgehead atoms. The van der Waals surface area contributed by atoms with Crippen LogP contribution in [0.15, 0.2) is 18.2 Å². The van der Waals surface area contributed by atoms with Crippen LogP contribution >= 0.6 is 0 Å². The molecule has 0 saturated heterocycles. The molecule has 1 fully saturated rings. The first-order valence-corrected chi connectivity index (χ1v) is 7.14. The van der Waals surface area contributed by atoms with Crippen LogP contribution in [0, 0.1) is 12.8 Å². The van der Waals surface area contributed by atoms with E-state index < -0.39 is 0 Å². The van der Waals surface area contributed by atoms with Gasteiger partial charge >= 0.3 is 0 Å². The maximum absolute atomic E-state index is 5.89. The van der Waals surface area contributed by atoms with Crippen molar-refractivity contribution in [3.05, 3.63) is 29.3 Å². The maximum Gasteiger partial charge on any atom is 0.0411 e. The van der Waals surface area contributed by atoms with Crippen LogP contribution in [0.4, 0.5) is 5.69 Å². The molecule has 0 heterocycles. The molecule has 18 heavy (non-hydrogen) atoms. The first kappa shape index (κ1) is 13.4. The number of hydrogen-bond donors (Lipinski definition) is 1. The lowest BCUT2D eigenvalue weighted by atomic mass is 9.86. The molecule has 2 atom stereocenters. The molecule has 2 rings (SSSR count). The highest BCUT2D eigenvalue weighted by Gasteiger charge is 2.23. The summed E-state index contributed by atoms with van der Waals surface area (Å²) in [6.07, 6.45) is 5.38. The van der Waals surface area contributed by atoms with Crippen molar-refractivity contribution < 1.29 is 0 Å². The highest BCUT2D eigenvalue weighted by molar-refractivity contribution is 5.55. The van der Waals surface area contributed by atoms with Crippen LogP contribution in [0.25, 0.3) is 0 Å². The Bertz CT molecular complexity index is 400. The van der Waals surface area contributed by atoms with Crippen molar-refractivity contribution in [3.63, 3.8) is 0 Å². The van der Waals surface area contributed by atoms with Gasteiger partial charge in [-0.1, -0.05) is 37.5 Å². The van der Waals surface area contributed by atoms with E-state index >= 15 is 0 Å². The third-order valence-corrected chi connectivity index (χ3v) is 4.29. The smallest absolute Gasteiger partial charge is 0.0411 e. The molecule has 1 saturated carbocycles. The Morgan fingerprint density at radius 3 is 2.78 bits per heavy atom. The molecule has 0 radical (unpaired) electrons. The molecule has 2 N–H and O–H groups in total. The van der Waals surface area contributed by atoms with Gasteiger partial charge in [-0.05, 0) is 37.3 Å². The van der Waals surface area contributed by atoms with Gasteiger partial charge in [-0.25, -0.2) is 0 Å². The summed E-state index contributed by atoms with van der Waals surface area (Å²) in [7, 11) is 2.23. The predicted molar refractivity (Wildman–Crippen MR) is 78.9 cm³/mol. The third kappa shape index (κ3) is 2.86. The first-order chi connectivity index (χ1) is 8.61. The van der Waals surface area contributed by atoms with Crippen molar-refractivity contribution in [2.75, 3.05) is 11.9 Å². The number of nitrogens with zero attached hydrogens (tertiary/aromatic N) is 1. The van der Waals surface area contributed by atoms with Crippen molar-refractivity contribution in [2.45, 2.75) is 52.1 Å². The summed E-state index contributed by atoms with van der Waals surface area (Å²) in [6, 6.07) is 7.33. The zero-order valence-electron chi connectivity index (χ0n) is 11.9. The SMILES string of the molecule is Cc1ccc(N(C)C2CCCC(C)C2)c(CN)c1. The molecule has 0 spiro atoms. The van der Waals surface area contributed by atoms with E-state index in [0.717, 1.165) is 5.92 Å². The average Bonchev–Trinajstić information content (AvgIpc) is 2.37. The van der Waals surface area contributed by atoms with E-state index in [1.807, 2.05) is 0 Å². The molecular weight excluding hydrogens is 220 g/mol. The molecule has 0 amide bonds. The van der Waals surface area contributed by atoms with Crippen LogP contribution < -0.4 is 10.6 Å². The van der Waals surface area contributed by atoms with E-state index in [-0.39, 0.29) is 0 Å². The largest absolute Gasteiger partial charge is 0.371 e. The third-order valence-electron chi connectivity index (χ3n) is 4.29. The molecule has 0 aliphatic heterocycles. The Morgan fingerprint density at radius 2 is 2.11 bits per heavy atom. The van der Waals surface area contributed by atoms with Gasteiger partial charge < -0.3 is 10.6 Å². The normalized spacial score (nSPS) is 24.0. The minimum Gasteiger partial charge on any atom is -0.371 e. The highest BCUT2D eigenvalue weighted by atomic mass is 15.1. The summed E-state index contributed by atoms with van der Waals surface area (Å²) < 4.78 is 0. The summed E-state index contributed by atoms with van der Waals surface area (Å²) in [6.45, 7) is 5.13. The second-order valence-corrected chi connectivity index (χ2v) is 5.87. The lowest BCUT2D eigenvalue weighted by molar-refractivity contribution is 0.336. The fourth-order valence-electron chi connectivity index (χ4n) is 3.17. The van der Waals surface area contributed by atoms with Crippen LogP contribution in [0.5, 0.6) is 0 Å². The van der Waals surface area contributed by atoms with Gasteiger partial charge in [0.2, 0.25) is 0 Å². The van der Waals surface area contributed by atoms with Gasteiger partial charge in [0, 0.05) is 25.3 Å². The lowest BCUT2D eigenvalue weighted by Gasteiger charge is -2.36. The van der Waals surface area contributed by atoms with Crippen LogP contribution in [0.2, 0.25) is 0 Å². The van der Waals surface area contributed by atoms with Crippen LogP contribution in [0.1, 0.15) is 43.7 Å². The van der Waals surface area contributed by atoms with Gasteiger partial charge in [0.25, 0.3) is 0 Å². The van der Waals surface area contributed by atoms with Gasteiger partial charge in [0.05, 0.1) is 0 Å². The zero-order valence-corrected chi connectivity index (χ0v) is 11.9. The monoisotopic (exact) mass is 246 g/mol. The summed E-state index contributed by atoms with van der Waals surface area (Å²) in [5, 5.41) is 0. The van der Waals surface area contributed by atoms with E-state index in [1.54, 1.807) is 0 Å². The van der Waals surface area contributed by atoms with Crippen molar-refractivity contribution >= 4 is 5.69 Å². The van der Waals surface area contributed by atoms with Crippen LogP contribution in [-0.4, -0.2) is 13.1 Å². The molecule has 1 aromatic rings. The Labute approximate surface area is 111 Å². The molecular formula is C16H26N2. The fourth-order valence-corrected chi connectivity index (χ4v) is 3.17. The predicted octanol–water partition coefficient (Wildman–Crippen LogP) is 3.47. The summed E-state index contributed by atoms with van der Waals surface area (Å²) >= 11 is 0. The van der Waals surface area contributed by atoms with Gasteiger partial charge in [-0.2, -0.15) is 0 Å². The quantitative estimate of drug-likeness (QED) is 0.885. The van der Waals surface area contributed by atoms with E-state index in [2.05, 4.69) is 44.0 Å². The van der Waals surface area contributed by atoms with E-state index in [4.69, 9.17) is 5.73 Å². The second kappa shape index (κ2) is 5.75. The van der Waals surface area contributed by atoms with Gasteiger partial charge in [0.1, 0.15) is 0 Å². The van der Waals surface area contributed by atoms with Gasteiger partial charge in [-0.15, -0.1) is 0 Å². The molecule has 100 valence electrons. The Hall–Kier alpha value is -1.02. The fraction of sp³-hybridized carbons (Fsp3) is 0.625. The molecule has 1 aromatic carbocycles. The van der Waals surface area contributed by atoms with E-state index in [0.29, 0.717) is 12.6 Å². The molecule has 2 heteroatoms. The summed E-state index contributed by atoms with van der Waals surface area (Å²) in [5.74, 6) is 0.859. The van der Waals surface area contributed by atoms with Crippen molar-refractivity contribution in [2.24, 2.45) is 11.7 Å². The lowest BCUT2D eigenvalue weighted by Crippen LogP contribution is -2.36. The number of aryl methyl sites for hydroxylation is 1. The molecule has 1 aliphatic carbocycles. The minimum absolute atomic E-state index is 0.629. The Morgan fingerprint density at radius 1 is 1.33 bits per heavy atom. The zero-order chi connectivity index (χ0) is 13.1. The molecule has 1 aliphatic rings. The van der Waals surface area contributed by atoms with Crippen molar-refractivity contribution in [3.8, 4) is 0 Å². The summed E-state index contributed by atoms with van der Waals surface area (Å²) in [5.41, 5.74) is 9.78. The molecule has 2 unspecified atom stereocenters.